The molecular formula is C12H15N5O. The lowest BCUT2D eigenvalue weighted by Crippen LogP contribution is -2.04. The number of ether oxygens (including phenoxy) is 1. The maximum Gasteiger partial charge on any atom is 0.180 e. The van der Waals surface area contributed by atoms with Gasteiger partial charge in [-0.3, -0.25) is 0 Å². The van der Waals surface area contributed by atoms with E-state index in [9.17, 15) is 0 Å². The van der Waals surface area contributed by atoms with E-state index >= 15 is 0 Å². The Bertz CT molecular complexity index is 561. The van der Waals surface area contributed by atoms with Crippen LogP contribution in [-0.2, 0) is 11.3 Å². The molecule has 6 nitrogen and oxygen atoms in total. The Hall–Kier alpha value is -1.95. The summed E-state index contributed by atoms with van der Waals surface area (Å²) in [5.41, 5.74) is 7.50. The van der Waals surface area contributed by atoms with Crippen molar-refractivity contribution in [1.29, 1.82) is 0 Å². The van der Waals surface area contributed by atoms with Crippen LogP contribution in [0.1, 0.15) is 24.6 Å². The van der Waals surface area contributed by atoms with Gasteiger partial charge in [-0.2, -0.15) is 0 Å². The second-order valence-corrected chi connectivity index (χ2v) is 4.46. The predicted molar refractivity (Wildman–Crippen MR) is 66.6 cm³/mol. The minimum atomic E-state index is 0.428. The fourth-order valence-corrected chi connectivity index (χ4v) is 1.98. The molecule has 0 unspecified atom stereocenters. The van der Waals surface area contributed by atoms with Gasteiger partial charge in [0.1, 0.15) is 11.5 Å². The molecule has 2 heterocycles. The first-order chi connectivity index (χ1) is 8.78. The highest BCUT2D eigenvalue weighted by molar-refractivity contribution is 5.52. The Morgan fingerprint density at radius 2 is 2.28 bits per heavy atom. The Morgan fingerprint density at radius 3 is 3.00 bits per heavy atom. The van der Waals surface area contributed by atoms with Gasteiger partial charge in [0, 0.05) is 19.2 Å². The van der Waals surface area contributed by atoms with Gasteiger partial charge in [0.15, 0.2) is 5.82 Å². The van der Waals surface area contributed by atoms with E-state index in [-0.39, 0.29) is 0 Å². The van der Waals surface area contributed by atoms with Gasteiger partial charge in [-0.15, -0.1) is 0 Å². The van der Waals surface area contributed by atoms with E-state index in [4.69, 9.17) is 10.5 Å². The van der Waals surface area contributed by atoms with Gasteiger partial charge in [0.05, 0.1) is 24.8 Å². The lowest BCUT2D eigenvalue weighted by molar-refractivity contribution is 0.181. The number of rotatable bonds is 4. The molecule has 2 aromatic heterocycles. The minimum Gasteiger partial charge on any atom is -0.384 e. The van der Waals surface area contributed by atoms with Crippen molar-refractivity contribution in [1.82, 2.24) is 19.5 Å². The van der Waals surface area contributed by atoms with Crippen molar-refractivity contribution in [3.8, 4) is 11.5 Å². The highest BCUT2D eigenvalue weighted by atomic mass is 16.5. The third-order valence-corrected chi connectivity index (χ3v) is 2.93. The number of hydrogen-bond donors (Lipinski definition) is 1. The Kier molecular flexibility index (Phi) is 2.71. The molecule has 3 rings (SSSR count). The van der Waals surface area contributed by atoms with Gasteiger partial charge < -0.3 is 15.0 Å². The number of hydrogen-bond acceptors (Lipinski definition) is 5. The number of imidazole rings is 1. The van der Waals surface area contributed by atoms with Crippen molar-refractivity contribution < 1.29 is 4.74 Å². The molecule has 1 aliphatic carbocycles. The number of aromatic nitrogens is 4. The van der Waals surface area contributed by atoms with Crippen LogP contribution in [0.15, 0.2) is 18.6 Å². The molecule has 0 spiro atoms. The molecule has 0 saturated heterocycles. The lowest BCUT2D eigenvalue weighted by atomic mass is 10.3. The van der Waals surface area contributed by atoms with Crippen LogP contribution in [0.5, 0.6) is 0 Å². The molecular weight excluding hydrogens is 230 g/mol. The molecule has 0 amide bonds. The fraction of sp³-hybridized carbons (Fsp3) is 0.417. The van der Waals surface area contributed by atoms with Crippen molar-refractivity contribution in [3.63, 3.8) is 0 Å². The van der Waals surface area contributed by atoms with Crippen LogP contribution < -0.4 is 5.73 Å². The van der Waals surface area contributed by atoms with Crippen LogP contribution >= 0.6 is 0 Å². The summed E-state index contributed by atoms with van der Waals surface area (Å²) in [6.45, 7) is 0.428. The molecule has 0 atom stereocenters. The minimum absolute atomic E-state index is 0.428. The van der Waals surface area contributed by atoms with Crippen molar-refractivity contribution in [2.45, 2.75) is 25.5 Å². The van der Waals surface area contributed by atoms with Crippen LogP contribution in [0.25, 0.3) is 11.5 Å². The van der Waals surface area contributed by atoms with E-state index < -0.39 is 0 Å². The second kappa shape index (κ2) is 4.38. The fourth-order valence-electron chi connectivity index (χ4n) is 1.98. The number of nitrogens with zero attached hydrogens (tertiary/aromatic N) is 4. The van der Waals surface area contributed by atoms with Crippen molar-refractivity contribution >= 4 is 5.82 Å². The first kappa shape index (κ1) is 11.2. The molecule has 0 radical (unpaired) electrons. The summed E-state index contributed by atoms with van der Waals surface area (Å²) in [7, 11) is 1.63. The van der Waals surface area contributed by atoms with E-state index in [2.05, 4.69) is 19.5 Å². The quantitative estimate of drug-likeness (QED) is 0.880. The van der Waals surface area contributed by atoms with Crippen LogP contribution in [-0.4, -0.2) is 26.6 Å². The zero-order valence-electron chi connectivity index (χ0n) is 10.2. The summed E-state index contributed by atoms with van der Waals surface area (Å²) in [5.74, 6) is 1.07. The zero-order chi connectivity index (χ0) is 12.5. The van der Waals surface area contributed by atoms with Gasteiger partial charge in [-0.05, 0) is 12.8 Å². The molecule has 2 aromatic rings. The average Bonchev–Trinajstić information content (AvgIpc) is 3.06. The SMILES string of the molecule is COCc1cc(N)nc(-c2cncn2C2CC2)n1. The summed E-state index contributed by atoms with van der Waals surface area (Å²) in [5, 5.41) is 0. The van der Waals surface area contributed by atoms with E-state index in [0.29, 0.717) is 24.3 Å². The molecule has 1 aliphatic rings. The highest BCUT2D eigenvalue weighted by Gasteiger charge is 2.26. The largest absolute Gasteiger partial charge is 0.384 e. The van der Waals surface area contributed by atoms with Crippen molar-refractivity contribution in [3.05, 3.63) is 24.3 Å². The Labute approximate surface area is 105 Å². The van der Waals surface area contributed by atoms with Crippen LogP contribution in [0.3, 0.4) is 0 Å². The molecule has 1 saturated carbocycles. The van der Waals surface area contributed by atoms with E-state index in [1.54, 1.807) is 19.4 Å². The molecule has 6 heteroatoms. The second-order valence-electron chi connectivity index (χ2n) is 4.46. The Balaban J connectivity index is 2.01. The van der Waals surface area contributed by atoms with E-state index in [0.717, 1.165) is 11.4 Å². The molecule has 1 fully saturated rings. The van der Waals surface area contributed by atoms with Gasteiger partial charge >= 0.3 is 0 Å². The van der Waals surface area contributed by atoms with E-state index in [1.165, 1.54) is 12.8 Å². The van der Waals surface area contributed by atoms with Gasteiger partial charge in [-0.1, -0.05) is 0 Å². The number of nitrogens with two attached hydrogens (primary N) is 1. The summed E-state index contributed by atoms with van der Waals surface area (Å²) in [6, 6.07) is 2.27. The molecule has 2 N–H and O–H groups in total. The predicted octanol–water partition coefficient (Wildman–Crippen LogP) is 1.40. The number of methoxy groups -OCH3 is 1. The molecule has 94 valence electrons. The van der Waals surface area contributed by atoms with Crippen molar-refractivity contribution in [2.24, 2.45) is 0 Å². The van der Waals surface area contributed by atoms with Crippen LogP contribution in [0.4, 0.5) is 5.82 Å². The summed E-state index contributed by atoms with van der Waals surface area (Å²) in [4.78, 5) is 12.9. The monoisotopic (exact) mass is 245 g/mol. The summed E-state index contributed by atoms with van der Waals surface area (Å²) >= 11 is 0. The first-order valence-electron chi connectivity index (χ1n) is 5.92. The van der Waals surface area contributed by atoms with Crippen LogP contribution in [0, 0.1) is 0 Å². The lowest BCUT2D eigenvalue weighted by Gasteiger charge is -2.07. The third kappa shape index (κ3) is 2.06. The number of anilines is 1. The topological polar surface area (TPSA) is 78.9 Å². The normalized spacial score (nSPS) is 14.9. The maximum absolute atomic E-state index is 5.80. The Morgan fingerprint density at radius 1 is 1.44 bits per heavy atom. The van der Waals surface area contributed by atoms with Gasteiger partial charge in [-0.25, -0.2) is 15.0 Å². The third-order valence-electron chi connectivity index (χ3n) is 2.93. The van der Waals surface area contributed by atoms with Crippen LogP contribution in [0.2, 0.25) is 0 Å². The highest BCUT2D eigenvalue weighted by Crippen LogP contribution is 2.37. The number of nitrogen functional groups attached to an aromatic ring is 1. The van der Waals surface area contributed by atoms with Gasteiger partial charge in [0.25, 0.3) is 0 Å². The van der Waals surface area contributed by atoms with Gasteiger partial charge in [0.2, 0.25) is 0 Å². The van der Waals surface area contributed by atoms with Crippen molar-refractivity contribution in [2.75, 3.05) is 12.8 Å². The standard InChI is InChI=1S/C12H15N5O/c1-18-6-8-4-11(13)16-12(15-8)10-5-14-7-17(10)9-2-3-9/h4-5,7,9H,2-3,6H2,1H3,(H2,13,15,16). The maximum atomic E-state index is 5.80. The smallest absolute Gasteiger partial charge is 0.180 e. The molecule has 0 aromatic carbocycles. The van der Waals surface area contributed by atoms with E-state index in [1.807, 2.05) is 6.33 Å². The molecule has 18 heavy (non-hydrogen) atoms. The molecule has 0 bridgehead atoms. The average molecular weight is 245 g/mol. The summed E-state index contributed by atoms with van der Waals surface area (Å²) in [6.07, 6.45) is 5.99. The first-order valence-corrected chi connectivity index (χ1v) is 5.92. The molecule has 0 aliphatic heterocycles. The zero-order valence-corrected chi connectivity index (χ0v) is 10.2. The summed E-state index contributed by atoms with van der Waals surface area (Å²) < 4.78 is 7.19.